The minimum absolute atomic E-state index is 0.00861. The van der Waals surface area contributed by atoms with Crippen molar-refractivity contribution in [2.75, 3.05) is 26.4 Å². The fraction of sp³-hybridized carbons (Fsp3) is 0.857. The Morgan fingerprint density at radius 1 is 0.391 bits per heavy atom. The van der Waals surface area contributed by atoms with Gasteiger partial charge in [0, 0.05) is 12.1 Å². The van der Waals surface area contributed by atoms with Gasteiger partial charge in [0.1, 0.15) is 6.10 Å². The number of esters is 1. The van der Waals surface area contributed by atoms with Crippen LogP contribution in [0, 0.1) is 0 Å². The normalized spacial score (nSPS) is 13.1. The van der Waals surface area contributed by atoms with Crippen LogP contribution in [0.3, 0.4) is 0 Å². The van der Waals surface area contributed by atoms with Gasteiger partial charge in [0.25, 0.3) is 0 Å². The van der Waals surface area contributed by atoms with Crippen molar-refractivity contribution in [1.29, 1.82) is 0 Å². The van der Waals surface area contributed by atoms with E-state index >= 15 is 0 Å². The van der Waals surface area contributed by atoms with Crippen LogP contribution in [-0.2, 0) is 9.53 Å². The molecule has 0 radical (unpaired) electrons. The Morgan fingerprint density at radius 2 is 0.667 bits per heavy atom. The lowest BCUT2D eigenvalue weighted by Gasteiger charge is -2.22. The van der Waals surface area contributed by atoms with Crippen molar-refractivity contribution in [2.24, 2.45) is 0 Å². The Bertz CT molecular complexity index is 1230. The van der Waals surface area contributed by atoms with Gasteiger partial charge in [-0.15, -0.1) is 0 Å². The number of hydrogen-bond acceptors (Lipinski definition) is 6. The monoisotopic (exact) mass is 967 g/mol. The Kier molecular flexibility index (Phi) is 43.6. The molecule has 1 aromatic rings. The SMILES string of the molecule is CCCCCCCCCCCCOc1cc(OCCCCCCCCCCCC)c(OCCCCCCCCCCCC)c(C=CC(=O)OC2CCCCC2)c1OCCCCCCCCCCCC. The summed E-state index contributed by atoms with van der Waals surface area (Å²) < 4.78 is 33.1. The molecule has 69 heavy (non-hydrogen) atoms. The Labute approximate surface area is 428 Å². The highest BCUT2D eigenvalue weighted by atomic mass is 16.5. The number of benzene rings is 1. The number of ether oxygens (including phenoxy) is 5. The van der Waals surface area contributed by atoms with Crippen LogP contribution < -0.4 is 18.9 Å². The minimum Gasteiger partial charge on any atom is -0.490 e. The van der Waals surface area contributed by atoms with Crippen molar-refractivity contribution < 1.29 is 28.5 Å². The van der Waals surface area contributed by atoms with Crippen molar-refractivity contribution in [1.82, 2.24) is 0 Å². The molecule has 0 unspecified atom stereocenters. The molecule has 0 amide bonds. The zero-order chi connectivity index (χ0) is 49.3. The van der Waals surface area contributed by atoms with E-state index in [1.54, 1.807) is 6.08 Å². The molecule has 1 aromatic carbocycles. The fourth-order valence-electron chi connectivity index (χ4n) is 9.89. The second-order valence-corrected chi connectivity index (χ2v) is 21.1. The second-order valence-electron chi connectivity index (χ2n) is 21.1. The molecule has 1 aliphatic rings. The zero-order valence-electron chi connectivity index (χ0n) is 46.4. The van der Waals surface area contributed by atoms with Crippen LogP contribution >= 0.6 is 0 Å². The largest absolute Gasteiger partial charge is 0.490 e. The van der Waals surface area contributed by atoms with Gasteiger partial charge in [-0.25, -0.2) is 4.79 Å². The molecule has 0 aliphatic heterocycles. The van der Waals surface area contributed by atoms with Gasteiger partial charge in [-0.2, -0.15) is 0 Å². The molecule has 1 saturated carbocycles. The predicted octanol–water partition coefficient (Wildman–Crippen LogP) is 20.8. The molecule has 1 fully saturated rings. The first kappa shape index (κ1) is 62.7. The molecular weight excluding hydrogens is 853 g/mol. The average molecular weight is 968 g/mol. The highest BCUT2D eigenvalue weighted by molar-refractivity contribution is 5.89. The van der Waals surface area contributed by atoms with E-state index in [-0.39, 0.29) is 12.1 Å². The van der Waals surface area contributed by atoms with Crippen LogP contribution in [0.15, 0.2) is 12.1 Å². The molecule has 6 heteroatoms. The van der Waals surface area contributed by atoms with Crippen molar-refractivity contribution in [2.45, 2.75) is 323 Å². The maximum atomic E-state index is 13.5. The van der Waals surface area contributed by atoms with E-state index in [9.17, 15) is 4.79 Å². The van der Waals surface area contributed by atoms with Crippen molar-refractivity contribution in [3.8, 4) is 23.0 Å². The lowest BCUT2D eigenvalue weighted by molar-refractivity contribution is -0.144. The van der Waals surface area contributed by atoms with Crippen LogP contribution in [0.25, 0.3) is 6.08 Å². The molecular formula is C63H114O6. The van der Waals surface area contributed by atoms with Crippen LogP contribution in [-0.4, -0.2) is 38.5 Å². The van der Waals surface area contributed by atoms with E-state index in [1.807, 2.05) is 12.1 Å². The maximum Gasteiger partial charge on any atom is 0.331 e. The summed E-state index contributed by atoms with van der Waals surface area (Å²) in [5.74, 6) is 2.44. The molecule has 0 spiro atoms. The number of carbonyl (C=O) groups excluding carboxylic acids is 1. The van der Waals surface area contributed by atoms with E-state index in [2.05, 4.69) is 27.7 Å². The van der Waals surface area contributed by atoms with Gasteiger partial charge in [-0.05, 0) is 57.4 Å². The van der Waals surface area contributed by atoms with Gasteiger partial charge >= 0.3 is 5.97 Å². The molecule has 0 aromatic heterocycles. The minimum atomic E-state index is -0.298. The molecule has 0 N–H and O–H groups in total. The predicted molar refractivity (Wildman–Crippen MR) is 298 cm³/mol. The molecule has 0 heterocycles. The van der Waals surface area contributed by atoms with Gasteiger partial charge in [-0.1, -0.05) is 265 Å². The number of rotatable bonds is 51. The molecule has 0 atom stereocenters. The highest BCUT2D eigenvalue weighted by Crippen LogP contribution is 2.46. The Hall–Kier alpha value is -2.37. The van der Waals surface area contributed by atoms with Gasteiger partial charge in [0.15, 0.2) is 23.0 Å². The van der Waals surface area contributed by atoms with Gasteiger partial charge in [0.2, 0.25) is 0 Å². The quantitative estimate of drug-likeness (QED) is 0.0368. The lowest BCUT2D eigenvalue weighted by atomic mass is 9.98. The number of unbranched alkanes of at least 4 members (excludes halogenated alkanes) is 36. The summed E-state index contributed by atoms with van der Waals surface area (Å²) in [5, 5.41) is 0. The molecule has 402 valence electrons. The van der Waals surface area contributed by atoms with Crippen molar-refractivity contribution >= 4 is 12.0 Å². The van der Waals surface area contributed by atoms with E-state index in [4.69, 9.17) is 23.7 Å². The lowest BCUT2D eigenvalue weighted by Crippen LogP contribution is -2.19. The third kappa shape index (κ3) is 35.4. The summed E-state index contributed by atoms with van der Waals surface area (Å²) in [6, 6.07) is 2.05. The smallest absolute Gasteiger partial charge is 0.331 e. The molecule has 6 nitrogen and oxygen atoms in total. The van der Waals surface area contributed by atoms with E-state index in [1.165, 1.54) is 212 Å². The van der Waals surface area contributed by atoms with Gasteiger partial charge < -0.3 is 23.7 Å². The first-order chi connectivity index (χ1) is 34.1. The fourth-order valence-corrected chi connectivity index (χ4v) is 9.89. The van der Waals surface area contributed by atoms with E-state index < -0.39 is 0 Å². The number of carbonyl (C=O) groups is 1. The van der Waals surface area contributed by atoms with Crippen LogP contribution in [0.5, 0.6) is 23.0 Å². The summed E-state index contributed by atoms with van der Waals surface area (Å²) in [5.41, 5.74) is 0.744. The summed E-state index contributed by atoms with van der Waals surface area (Å²) in [6.45, 7) is 11.6. The average Bonchev–Trinajstić information content (AvgIpc) is 3.36. The molecule has 0 saturated heterocycles. The van der Waals surface area contributed by atoms with E-state index in [0.29, 0.717) is 49.4 Å². The number of hydrogen-bond donors (Lipinski definition) is 0. The van der Waals surface area contributed by atoms with Crippen molar-refractivity contribution in [3.63, 3.8) is 0 Å². The first-order valence-electron chi connectivity index (χ1n) is 30.7. The van der Waals surface area contributed by atoms with Crippen LogP contribution in [0.4, 0.5) is 0 Å². The molecule has 0 bridgehead atoms. The highest BCUT2D eigenvalue weighted by Gasteiger charge is 2.23. The third-order valence-corrected chi connectivity index (χ3v) is 14.4. The van der Waals surface area contributed by atoms with Crippen LogP contribution in [0.1, 0.15) is 322 Å². The standard InChI is InChI=1S/C63H114O6/c1-5-9-13-17-21-25-29-33-37-44-52-65-59-56-60(66-53-45-38-34-30-26-22-18-14-10-6-2)63(68-55-47-40-36-32-28-24-20-16-12-8-4)58(50-51-61(64)69-57-48-42-41-43-49-57)62(59)67-54-46-39-35-31-27-23-19-15-11-7-3/h50-51,56-57H,5-49,52-55H2,1-4H3. The summed E-state index contributed by atoms with van der Waals surface area (Å²) in [7, 11) is 0. The Balaban J connectivity index is 2.32. The molecule has 1 aliphatic carbocycles. The van der Waals surface area contributed by atoms with Gasteiger partial charge in [0.05, 0.1) is 32.0 Å². The van der Waals surface area contributed by atoms with Crippen molar-refractivity contribution in [3.05, 3.63) is 17.7 Å². The topological polar surface area (TPSA) is 63.2 Å². The van der Waals surface area contributed by atoms with Crippen LogP contribution in [0.2, 0.25) is 0 Å². The first-order valence-corrected chi connectivity index (χ1v) is 30.7. The van der Waals surface area contributed by atoms with E-state index in [0.717, 1.165) is 82.6 Å². The summed E-state index contributed by atoms with van der Waals surface area (Å²) in [6.07, 6.45) is 59.9. The molecule has 2 rings (SSSR count). The van der Waals surface area contributed by atoms with Gasteiger partial charge in [-0.3, -0.25) is 0 Å². The maximum absolute atomic E-state index is 13.5. The summed E-state index contributed by atoms with van der Waals surface area (Å²) in [4.78, 5) is 13.5. The Morgan fingerprint density at radius 3 is 0.971 bits per heavy atom. The summed E-state index contributed by atoms with van der Waals surface area (Å²) >= 11 is 0. The third-order valence-electron chi connectivity index (χ3n) is 14.4. The zero-order valence-corrected chi connectivity index (χ0v) is 46.4. The second kappa shape index (κ2) is 47.9.